The third-order valence-electron chi connectivity index (χ3n) is 3.74. The monoisotopic (exact) mass is 426 g/mol. The van der Waals surface area contributed by atoms with Crippen molar-refractivity contribution in [1.82, 2.24) is 9.62 Å². The number of nitrogens with zero attached hydrogens (tertiary/aromatic N) is 2. The number of carbonyl (C=O) groups is 1. The number of nitrogens with one attached hydrogen (secondary N) is 2. The zero-order valence-electron chi connectivity index (χ0n) is 15.0. The van der Waals surface area contributed by atoms with E-state index in [1.807, 2.05) is 0 Å². The summed E-state index contributed by atoms with van der Waals surface area (Å²) in [5.74, 6) is -0.453. The highest BCUT2D eigenvalue weighted by Gasteiger charge is 2.22. The SMILES string of the molecule is CN(CC(=O)NCCNc1ccc([N+](=O)[O-])cc1)S(=O)(=O)c1ccc(Cl)cc1. The van der Waals surface area contributed by atoms with E-state index in [0.29, 0.717) is 17.3 Å². The van der Waals surface area contributed by atoms with Gasteiger partial charge in [0.15, 0.2) is 0 Å². The van der Waals surface area contributed by atoms with E-state index in [-0.39, 0.29) is 23.7 Å². The smallest absolute Gasteiger partial charge is 0.269 e. The van der Waals surface area contributed by atoms with Crippen molar-refractivity contribution in [2.75, 3.05) is 32.0 Å². The van der Waals surface area contributed by atoms with E-state index in [2.05, 4.69) is 10.6 Å². The molecule has 0 bridgehead atoms. The Morgan fingerprint density at radius 1 is 1.11 bits per heavy atom. The Balaban J connectivity index is 1.78. The molecule has 28 heavy (non-hydrogen) atoms. The maximum absolute atomic E-state index is 12.4. The summed E-state index contributed by atoms with van der Waals surface area (Å²) in [6.45, 7) is 0.296. The number of hydrogen-bond acceptors (Lipinski definition) is 6. The van der Waals surface area contributed by atoms with Gasteiger partial charge in [-0.05, 0) is 36.4 Å². The summed E-state index contributed by atoms with van der Waals surface area (Å²) in [6.07, 6.45) is 0. The van der Waals surface area contributed by atoms with Crippen molar-refractivity contribution in [2.45, 2.75) is 4.90 Å². The first-order chi connectivity index (χ1) is 13.2. The van der Waals surface area contributed by atoms with Gasteiger partial charge in [-0.15, -0.1) is 0 Å². The summed E-state index contributed by atoms with van der Waals surface area (Å²) in [5, 5.41) is 16.6. The second-order valence-corrected chi connectivity index (χ2v) is 8.28. The lowest BCUT2D eigenvalue weighted by Gasteiger charge is -2.17. The molecule has 0 heterocycles. The van der Waals surface area contributed by atoms with Gasteiger partial charge in [-0.3, -0.25) is 14.9 Å². The maximum Gasteiger partial charge on any atom is 0.269 e. The van der Waals surface area contributed by atoms with Crippen LogP contribution in [0.5, 0.6) is 0 Å². The molecule has 11 heteroatoms. The summed E-state index contributed by atoms with van der Waals surface area (Å²) in [4.78, 5) is 22.1. The molecule has 0 unspecified atom stereocenters. The van der Waals surface area contributed by atoms with Gasteiger partial charge in [0.25, 0.3) is 5.69 Å². The van der Waals surface area contributed by atoms with E-state index in [1.54, 1.807) is 12.1 Å². The standard InChI is InChI=1S/C17H19ClN4O5S/c1-21(28(26,27)16-8-2-13(18)3-9-16)12-17(23)20-11-10-19-14-4-6-15(7-5-14)22(24)25/h2-9,19H,10-12H2,1H3,(H,20,23). The molecule has 2 N–H and O–H groups in total. The summed E-state index contributed by atoms with van der Waals surface area (Å²) in [5.41, 5.74) is 0.658. The van der Waals surface area contributed by atoms with Crippen molar-refractivity contribution in [3.8, 4) is 0 Å². The van der Waals surface area contributed by atoms with Crippen molar-refractivity contribution in [2.24, 2.45) is 0 Å². The Labute approximate surface area is 167 Å². The number of nitro groups is 1. The number of rotatable bonds is 9. The van der Waals surface area contributed by atoms with Crippen LogP contribution in [0, 0.1) is 10.1 Å². The number of halogens is 1. The first-order valence-electron chi connectivity index (χ1n) is 8.17. The molecular formula is C17H19ClN4O5S. The molecular weight excluding hydrogens is 408 g/mol. The number of sulfonamides is 1. The van der Waals surface area contributed by atoms with Crippen LogP contribution in [0.15, 0.2) is 53.4 Å². The van der Waals surface area contributed by atoms with Gasteiger partial charge in [-0.2, -0.15) is 4.31 Å². The number of nitro benzene ring substituents is 1. The molecule has 2 aromatic rings. The molecule has 0 aliphatic rings. The molecule has 0 aliphatic carbocycles. The van der Waals surface area contributed by atoms with E-state index in [1.165, 1.54) is 43.4 Å². The molecule has 0 saturated carbocycles. The Bertz CT molecular complexity index is 933. The number of amides is 1. The largest absolute Gasteiger partial charge is 0.383 e. The zero-order valence-corrected chi connectivity index (χ0v) is 16.5. The van der Waals surface area contributed by atoms with E-state index >= 15 is 0 Å². The molecule has 2 rings (SSSR count). The van der Waals surface area contributed by atoms with Crippen molar-refractivity contribution < 1.29 is 18.1 Å². The molecule has 0 spiro atoms. The minimum atomic E-state index is -3.79. The molecule has 0 fully saturated rings. The fraction of sp³-hybridized carbons (Fsp3) is 0.235. The van der Waals surface area contributed by atoms with Gasteiger partial charge in [0, 0.05) is 43.0 Å². The average Bonchev–Trinajstić information content (AvgIpc) is 2.66. The molecule has 9 nitrogen and oxygen atoms in total. The number of carbonyl (C=O) groups excluding carboxylic acids is 1. The zero-order chi connectivity index (χ0) is 20.7. The van der Waals surface area contributed by atoms with Gasteiger partial charge in [-0.1, -0.05) is 11.6 Å². The Kier molecular flexibility index (Phi) is 7.32. The lowest BCUT2D eigenvalue weighted by atomic mass is 10.3. The highest BCUT2D eigenvalue weighted by Crippen LogP contribution is 2.17. The number of anilines is 1. The predicted molar refractivity (Wildman–Crippen MR) is 106 cm³/mol. The van der Waals surface area contributed by atoms with E-state index < -0.39 is 20.9 Å². The molecule has 150 valence electrons. The normalized spacial score (nSPS) is 11.2. The van der Waals surface area contributed by atoms with Crippen molar-refractivity contribution in [3.63, 3.8) is 0 Å². The minimum absolute atomic E-state index is 0.0104. The van der Waals surface area contributed by atoms with Crippen LogP contribution in [-0.4, -0.2) is 50.2 Å². The fourth-order valence-corrected chi connectivity index (χ4v) is 3.49. The summed E-state index contributed by atoms with van der Waals surface area (Å²) < 4.78 is 25.8. The quantitative estimate of drug-likeness (QED) is 0.359. The number of hydrogen-bond donors (Lipinski definition) is 2. The van der Waals surface area contributed by atoms with Crippen LogP contribution in [0.4, 0.5) is 11.4 Å². The van der Waals surface area contributed by atoms with Crippen LogP contribution in [0.1, 0.15) is 0 Å². The Morgan fingerprint density at radius 3 is 2.29 bits per heavy atom. The van der Waals surface area contributed by atoms with E-state index in [9.17, 15) is 23.3 Å². The molecule has 0 aliphatic heterocycles. The van der Waals surface area contributed by atoms with Gasteiger partial charge in [0.1, 0.15) is 0 Å². The Morgan fingerprint density at radius 2 is 1.71 bits per heavy atom. The van der Waals surface area contributed by atoms with Gasteiger partial charge < -0.3 is 10.6 Å². The minimum Gasteiger partial charge on any atom is -0.383 e. The van der Waals surface area contributed by atoms with Gasteiger partial charge in [0.2, 0.25) is 15.9 Å². The number of likely N-dealkylation sites (N-methyl/N-ethyl adjacent to an activating group) is 1. The van der Waals surface area contributed by atoms with Crippen LogP contribution >= 0.6 is 11.6 Å². The van der Waals surface area contributed by atoms with Crippen molar-refractivity contribution in [1.29, 1.82) is 0 Å². The third-order valence-corrected chi connectivity index (χ3v) is 5.81. The lowest BCUT2D eigenvalue weighted by molar-refractivity contribution is -0.384. The summed E-state index contributed by atoms with van der Waals surface area (Å²) >= 11 is 5.75. The topological polar surface area (TPSA) is 122 Å². The van der Waals surface area contributed by atoms with E-state index in [4.69, 9.17) is 11.6 Å². The fourth-order valence-electron chi connectivity index (χ4n) is 2.24. The van der Waals surface area contributed by atoms with Gasteiger partial charge in [0.05, 0.1) is 16.4 Å². The van der Waals surface area contributed by atoms with Crippen molar-refractivity contribution >= 4 is 38.9 Å². The molecule has 0 saturated heterocycles. The molecule has 0 atom stereocenters. The summed E-state index contributed by atoms with van der Waals surface area (Å²) in [6, 6.07) is 11.5. The predicted octanol–water partition coefficient (Wildman–Crippen LogP) is 2.10. The third kappa shape index (κ3) is 5.91. The Hall–Kier alpha value is -2.69. The molecule has 0 radical (unpaired) electrons. The molecule has 0 aromatic heterocycles. The van der Waals surface area contributed by atoms with Gasteiger partial charge in [-0.25, -0.2) is 8.42 Å². The van der Waals surface area contributed by atoms with E-state index in [0.717, 1.165) is 4.31 Å². The van der Waals surface area contributed by atoms with Crippen LogP contribution < -0.4 is 10.6 Å². The second-order valence-electron chi connectivity index (χ2n) is 5.80. The van der Waals surface area contributed by atoms with Gasteiger partial charge >= 0.3 is 0 Å². The number of non-ortho nitro benzene ring substituents is 1. The average molecular weight is 427 g/mol. The van der Waals surface area contributed by atoms with Crippen LogP contribution in [0.25, 0.3) is 0 Å². The van der Waals surface area contributed by atoms with Crippen LogP contribution in [0.2, 0.25) is 5.02 Å². The second kappa shape index (κ2) is 9.49. The van der Waals surface area contributed by atoms with Crippen molar-refractivity contribution in [3.05, 3.63) is 63.7 Å². The van der Waals surface area contributed by atoms with Crippen LogP contribution in [-0.2, 0) is 14.8 Å². The first kappa shape index (κ1) is 21.6. The first-order valence-corrected chi connectivity index (χ1v) is 9.99. The molecule has 2 aromatic carbocycles. The summed E-state index contributed by atoms with van der Waals surface area (Å²) in [7, 11) is -2.47. The maximum atomic E-state index is 12.4. The lowest BCUT2D eigenvalue weighted by Crippen LogP contribution is -2.39. The highest BCUT2D eigenvalue weighted by molar-refractivity contribution is 7.89. The highest BCUT2D eigenvalue weighted by atomic mass is 35.5. The number of benzene rings is 2. The molecule has 1 amide bonds. The van der Waals surface area contributed by atoms with Crippen LogP contribution in [0.3, 0.4) is 0 Å².